The van der Waals surface area contributed by atoms with Crippen LogP contribution in [0, 0.1) is 0 Å². The molecule has 0 bridgehead atoms. The van der Waals surface area contributed by atoms with E-state index in [1.54, 1.807) is 4.68 Å². The van der Waals surface area contributed by atoms with Crippen LogP contribution in [0.15, 0.2) is 6.07 Å². The van der Waals surface area contributed by atoms with E-state index in [0.717, 1.165) is 11.4 Å². The molecule has 1 aromatic heterocycles. The monoisotopic (exact) mass is 266 g/mol. The first kappa shape index (κ1) is 15.7. The van der Waals surface area contributed by atoms with Gasteiger partial charge in [-0.3, -0.25) is 9.48 Å². The zero-order valence-corrected chi connectivity index (χ0v) is 13.2. The van der Waals surface area contributed by atoms with Crippen LogP contribution in [-0.4, -0.2) is 22.4 Å². The van der Waals surface area contributed by atoms with Gasteiger partial charge in [0.15, 0.2) is 0 Å². The first-order valence-electron chi connectivity index (χ1n) is 6.80. The lowest BCUT2D eigenvalue weighted by Gasteiger charge is -2.19. The molecule has 1 heterocycles. The molecule has 4 nitrogen and oxygen atoms in total. The van der Waals surface area contributed by atoms with E-state index in [4.69, 9.17) is 4.74 Å². The fourth-order valence-electron chi connectivity index (χ4n) is 1.84. The van der Waals surface area contributed by atoms with Crippen LogP contribution in [-0.2, 0) is 26.9 Å². The Kier molecular flexibility index (Phi) is 4.43. The van der Waals surface area contributed by atoms with Crippen molar-refractivity contribution >= 4 is 5.97 Å². The molecule has 0 unspecified atom stereocenters. The molecule has 0 aromatic carbocycles. The molecule has 0 aliphatic carbocycles. The lowest BCUT2D eigenvalue weighted by molar-refractivity contribution is -0.144. The maximum atomic E-state index is 11.7. The van der Waals surface area contributed by atoms with Gasteiger partial charge >= 0.3 is 5.97 Å². The summed E-state index contributed by atoms with van der Waals surface area (Å²) in [6, 6.07) is 2.10. The predicted molar refractivity (Wildman–Crippen MR) is 76.3 cm³/mol. The Balaban J connectivity index is 3.14. The molecule has 0 amide bonds. The van der Waals surface area contributed by atoms with Crippen LogP contribution in [0.1, 0.15) is 59.9 Å². The number of ether oxygens (including phenoxy) is 1. The summed E-state index contributed by atoms with van der Waals surface area (Å²) in [5.41, 5.74) is 1.98. The Morgan fingerprint density at radius 3 is 2.21 bits per heavy atom. The van der Waals surface area contributed by atoms with Crippen LogP contribution in [0.2, 0.25) is 0 Å². The van der Waals surface area contributed by atoms with Crippen molar-refractivity contribution in [3.8, 4) is 0 Å². The average molecular weight is 266 g/mol. The quantitative estimate of drug-likeness (QED) is 0.790. The number of hydrogen-bond donors (Lipinski definition) is 0. The van der Waals surface area contributed by atoms with Crippen molar-refractivity contribution in [3.63, 3.8) is 0 Å². The second-order valence-corrected chi connectivity index (χ2v) is 6.88. The minimum absolute atomic E-state index is 0.0279. The topological polar surface area (TPSA) is 44.1 Å². The Labute approximate surface area is 116 Å². The number of carbonyl (C=O) groups is 1. The maximum absolute atomic E-state index is 11.7. The molecule has 0 saturated heterocycles. The van der Waals surface area contributed by atoms with Crippen LogP contribution in [0.5, 0.6) is 0 Å². The highest BCUT2D eigenvalue weighted by Gasteiger charge is 2.26. The van der Waals surface area contributed by atoms with Gasteiger partial charge in [0.05, 0.1) is 12.3 Å². The summed E-state index contributed by atoms with van der Waals surface area (Å²) < 4.78 is 6.78. The second-order valence-electron chi connectivity index (χ2n) is 6.88. The van der Waals surface area contributed by atoms with Crippen LogP contribution >= 0.6 is 0 Å². The van der Waals surface area contributed by atoms with Crippen molar-refractivity contribution in [1.82, 2.24) is 9.78 Å². The Hall–Kier alpha value is -1.32. The zero-order chi connectivity index (χ0) is 14.8. The molecular weight excluding hydrogens is 240 g/mol. The van der Waals surface area contributed by atoms with E-state index >= 15 is 0 Å². The fraction of sp³-hybridized carbons (Fsp3) is 0.733. The first-order valence-corrected chi connectivity index (χ1v) is 6.80. The summed E-state index contributed by atoms with van der Waals surface area (Å²) in [4.78, 5) is 11.7. The largest absolute Gasteiger partial charge is 0.465 e. The molecule has 0 radical (unpaired) electrons. The van der Waals surface area contributed by atoms with E-state index in [-0.39, 0.29) is 23.3 Å². The fourth-order valence-corrected chi connectivity index (χ4v) is 1.84. The molecule has 0 aliphatic rings. The molecule has 108 valence electrons. The van der Waals surface area contributed by atoms with Gasteiger partial charge in [0.25, 0.3) is 0 Å². The van der Waals surface area contributed by atoms with E-state index in [2.05, 4.69) is 52.7 Å². The van der Waals surface area contributed by atoms with E-state index < -0.39 is 0 Å². The Bertz CT molecular complexity index is 448. The molecule has 0 saturated carbocycles. The maximum Gasteiger partial charge on any atom is 0.327 e. The number of carbonyl (C=O) groups excluding carboxylic acids is 1. The lowest BCUT2D eigenvalue weighted by Crippen LogP contribution is -2.23. The van der Waals surface area contributed by atoms with Gasteiger partial charge in [-0.25, -0.2) is 0 Å². The van der Waals surface area contributed by atoms with Crippen molar-refractivity contribution in [3.05, 3.63) is 17.5 Å². The first-order chi connectivity index (χ1) is 8.55. The van der Waals surface area contributed by atoms with Crippen molar-refractivity contribution in [2.75, 3.05) is 6.61 Å². The van der Waals surface area contributed by atoms with Crippen LogP contribution in [0.3, 0.4) is 0 Å². The number of hydrogen-bond acceptors (Lipinski definition) is 3. The van der Waals surface area contributed by atoms with Gasteiger partial charge in [0.2, 0.25) is 0 Å². The van der Waals surface area contributed by atoms with E-state index in [1.165, 1.54) is 0 Å². The average Bonchev–Trinajstić information content (AvgIpc) is 2.60. The summed E-state index contributed by atoms with van der Waals surface area (Å²) >= 11 is 0. The normalized spacial score (nSPS) is 12.6. The molecule has 1 aromatic rings. The van der Waals surface area contributed by atoms with Crippen molar-refractivity contribution < 1.29 is 9.53 Å². The van der Waals surface area contributed by atoms with E-state index in [1.807, 2.05) is 6.92 Å². The van der Waals surface area contributed by atoms with Gasteiger partial charge in [0.1, 0.15) is 6.54 Å². The molecule has 1 rings (SSSR count). The summed E-state index contributed by atoms with van der Waals surface area (Å²) in [5, 5.41) is 4.59. The summed E-state index contributed by atoms with van der Waals surface area (Å²) in [7, 11) is 0. The van der Waals surface area contributed by atoms with Gasteiger partial charge in [0, 0.05) is 16.5 Å². The Morgan fingerprint density at radius 2 is 1.79 bits per heavy atom. The third-order valence-corrected chi connectivity index (χ3v) is 2.90. The minimum atomic E-state index is -0.239. The third kappa shape index (κ3) is 4.08. The summed E-state index contributed by atoms with van der Waals surface area (Å²) in [6.45, 7) is 15.1. The van der Waals surface area contributed by atoms with E-state index in [9.17, 15) is 4.79 Å². The number of esters is 1. The van der Waals surface area contributed by atoms with Crippen molar-refractivity contribution in [2.24, 2.45) is 0 Å². The molecular formula is C15H26N2O2. The Morgan fingerprint density at radius 1 is 1.21 bits per heavy atom. The molecule has 0 aliphatic heterocycles. The highest BCUT2D eigenvalue weighted by molar-refractivity contribution is 5.69. The highest BCUT2D eigenvalue weighted by atomic mass is 16.5. The van der Waals surface area contributed by atoms with Gasteiger partial charge in [-0.05, 0) is 13.0 Å². The van der Waals surface area contributed by atoms with Crippen LogP contribution in [0.25, 0.3) is 0 Å². The lowest BCUT2D eigenvalue weighted by atomic mass is 9.88. The minimum Gasteiger partial charge on any atom is -0.465 e. The molecule has 0 atom stereocenters. The van der Waals surface area contributed by atoms with Crippen molar-refractivity contribution in [1.29, 1.82) is 0 Å². The SMILES string of the molecule is CCOC(=O)Cn1nc(C(C)(C)C)cc1C(C)(C)C. The van der Waals surface area contributed by atoms with Crippen LogP contribution < -0.4 is 0 Å². The van der Waals surface area contributed by atoms with E-state index in [0.29, 0.717) is 6.61 Å². The number of aromatic nitrogens is 2. The van der Waals surface area contributed by atoms with Gasteiger partial charge < -0.3 is 4.74 Å². The zero-order valence-electron chi connectivity index (χ0n) is 13.2. The third-order valence-electron chi connectivity index (χ3n) is 2.90. The second kappa shape index (κ2) is 5.35. The van der Waals surface area contributed by atoms with Gasteiger partial charge in [-0.2, -0.15) is 5.10 Å². The smallest absolute Gasteiger partial charge is 0.327 e. The van der Waals surface area contributed by atoms with Crippen molar-refractivity contribution in [2.45, 2.75) is 65.8 Å². The molecule has 0 fully saturated rings. The molecule has 4 heteroatoms. The predicted octanol–water partition coefficient (Wildman–Crippen LogP) is 3.04. The highest BCUT2D eigenvalue weighted by Crippen LogP contribution is 2.28. The summed E-state index contributed by atoms with van der Waals surface area (Å²) in [6.07, 6.45) is 0. The number of nitrogens with zero attached hydrogens (tertiary/aromatic N) is 2. The molecule has 19 heavy (non-hydrogen) atoms. The van der Waals surface area contributed by atoms with Gasteiger partial charge in [-0.1, -0.05) is 41.5 Å². The van der Waals surface area contributed by atoms with Crippen LogP contribution in [0.4, 0.5) is 0 Å². The number of rotatable bonds is 3. The van der Waals surface area contributed by atoms with Gasteiger partial charge in [-0.15, -0.1) is 0 Å². The molecule has 0 N–H and O–H groups in total. The standard InChI is InChI=1S/C15H26N2O2/c1-8-19-13(18)10-17-12(15(5,6)7)9-11(16-17)14(2,3)4/h9H,8,10H2,1-7H3. The molecule has 0 spiro atoms. The summed E-state index contributed by atoms with van der Waals surface area (Å²) in [5.74, 6) is -0.239.